The van der Waals surface area contributed by atoms with E-state index >= 15 is 0 Å². The molecule has 2 aromatic carbocycles. The third-order valence-electron chi connectivity index (χ3n) is 5.89. The van der Waals surface area contributed by atoms with Crippen LogP contribution in [0.15, 0.2) is 46.9 Å². The lowest BCUT2D eigenvalue weighted by molar-refractivity contribution is -0.125. The molecule has 182 valence electrons. The molecule has 8 heteroatoms. The summed E-state index contributed by atoms with van der Waals surface area (Å²) in [4.78, 5) is 39.0. The fourth-order valence-corrected chi connectivity index (χ4v) is 3.92. The molecule has 1 aromatic heterocycles. The van der Waals surface area contributed by atoms with Gasteiger partial charge in [-0.25, -0.2) is 0 Å². The molecule has 8 nitrogen and oxygen atoms in total. The number of allylic oxidation sites excluding steroid dienone is 1. The summed E-state index contributed by atoms with van der Waals surface area (Å²) in [5, 5.41) is 0.629. The summed E-state index contributed by atoms with van der Waals surface area (Å²) in [5.41, 5.74) is 2.24. The first-order valence-electron chi connectivity index (χ1n) is 11.4. The first-order chi connectivity index (χ1) is 16.8. The van der Waals surface area contributed by atoms with E-state index in [4.69, 9.17) is 18.6 Å². The molecule has 0 unspecified atom stereocenters. The second-order valence-electron chi connectivity index (χ2n) is 8.14. The van der Waals surface area contributed by atoms with Gasteiger partial charge in [0.2, 0.25) is 12.7 Å². The maximum Gasteiger partial charge on any atom is 0.246 e. The number of hydrogen-bond acceptors (Lipinski definition) is 7. The van der Waals surface area contributed by atoms with Gasteiger partial charge >= 0.3 is 0 Å². The number of furan rings is 1. The highest BCUT2D eigenvalue weighted by atomic mass is 16.7. The Hall–Kier alpha value is -4.07. The van der Waals surface area contributed by atoms with Crippen LogP contribution in [0.4, 0.5) is 0 Å². The second kappa shape index (κ2) is 10.0. The standard InChI is InChI=1S/C27H27NO7/c1-5-28(6-2)26(31)11-16(3)19-8-10-23(27-20(19)13-24(35-27)17(4)29)32-14-21(30)18-7-9-22-25(12-18)34-15-33-22/h7-13H,5-6,14-15H2,1-4H3. The van der Waals surface area contributed by atoms with Gasteiger partial charge in [0.05, 0.1) is 0 Å². The fourth-order valence-electron chi connectivity index (χ4n) is 3.92. The van der Waals surface area contributed by atoms with Gasteiger partial charge in [-0.05, 0) is 62.2 Å². The first-order valence-corrected chi connectivity index (χ1v) is 11.4. The van der Waals surface area contributed by atoms with Crippen LogP contribution >= 0.6 is 0 Å². The highest BCUT2D eigenvalue weighted by Gasteiger charge is 2.20. The lowest BCUT2D eigenvalue weighted by Gasteiger charge is -2.17. The lowest BCUT2D eigenvalue weighted by atomic mass is 10.0. The van der Waals surface area contributed by atoms with Crippen LogP contribution in [0.25, 0.3) is 16.5 Å². The predicted octanol–water partition coefficient (Wildman–Crippen LogP) is 4.90. The smallest absolute Gasteiger partial charge is 0.246 e. The van der Waals surface area contributed by atoms with E-state index in [9.17, 15) is 14.4 Å². The van der Waals surface area contributed by atoms with E-state index in [2.05, 4.69) is 0 Å². The second-order valence-corrected chi connectivity index (χ2v) is 8.14. The Kier molecular flexibility index (Phi) is 6.91. The van der Waals surface area contributed by atoms with Crippen LogP contribution in [0, 0.1) is 0 Å². The highest BCUT2D eigenvalue weighted by Crippen LogP contribution is 2.36. The van der Waals surface area contributed by atoms with Crippen molar-refractivity contribution in [3.05, 3.63) is 59.4 Å². The van der Waals surface area contributed by atoms with Crippen molar-refractivity contribution in [3.63, 3.8) is 0 Å². The molecule has 1 aliphatic heterocycles. The van der Waals surface area contributed by atoms with Gasteiger partial charge in [-0.2, -0.15) is 0 Å². The Morgan fingerprint density at radius 1 is 1.00 bits per heavy atom. The summed E-state index contributed by atoms with van der Waals surface area (Å²) < 4.78 is 22.2. The first kappa shape index (κ1) is 24.1. The number of nitrogens with zero attached hydrogens (tertiary/aromatic N) is 1. The number of hydrogen-bond donors (Lipinski definition) is 0. The topological polar surface area (TPSA) is 95.3 Å². The maximum absolute atomic E-state index is 12.7. The van der Waals surface area contributed by atoms with E-state index in [1.807, 2.05) is 20.8 Å². The van der Waals surface area contributed by atoms with Gasteiger partial charge < -0.3 is 23.5 Å². The number of carbonyl (C=O) groups is 3. The summed E-state index contributed by atoms with van der Waals surface area (Å²) in [7, 11) is 0. The highest BCUT2D eigenvalue weighted by molar-refractivity contribution is 6.04. The molecule has 3 aromatic rings. The predicted molar refractivity (Wildman–Crippen MR) is 130 cm³/mol. The molecule has 0 saturated heterocycles. The van der Waals surface area contributed by atoms with Crippen LogP contribution in [0.2, 0.25) is 0 Å². The zero-order chi connectivity index (χ0) is 25.1. The Bertz CT molecular complexity index is 1330. The Balaban J connectivity index is 1.62. The summed E-state index contributed by atoms with van der Waals surface area (Å²) >= 11 is 0. The molecule has 0 fully saturated rings. The van der Waals surface area contributed by atoms with Crippen molar-refractivity contribution >= 4 is 34.0 Å². The average molecular weight is 478 g/mol. The van der Waals surface area contributed by atoms with Gasteiger partial charge in [0, 0.05) is 37.0 Å². The molecule has 2 heterocycles. The number of rotatable bonds is 9. The molecule has 1 aliphatic rings. The number of benzene rings is 2. The van der Waals surface area contributed by atoms with Crippen molar-refractivity contribution < 1.29 is 33.0 Å². The van der Waals surface area contributed by atoms with E-state index in [1.165, 1.54) is 6.92 Å². The lowest BCUT2D eigenvalue weighted by Crippen LogP contribution is -2.28. The molecular weight excluding hydrogens is 450 g/mol. The molecule has 35 heavy (non-hydrogen) atoms. The fraction of sp³-hybridized carbons (Fsp3) is 0.296. The van der Waals surface area contributed by atoms with Crippen LogP contribution in [0.5, 0.6) is 17.2 Å². The molecule has 4 rings (SSSR count). The van der Waals surface area contributed by atoms with E-state index < -0.39 is 0 Å². The van der Waals surface area contributed by atoms with Gasteiger partial charge in [-0.3, -0.25) is 14.4 Å². The minimum absolute atomic E-state index is 0.0921. The zero-order valence-corrected chi connectivity index (χ0v) is 20.2. The quantitative estimate of drug-likeness (QED) is 0.320. The van der Waals surface area contributed by atoms with Gasteiger partial charge in [0.1, 0.15) is 0 Å². The van der Waals surface area contributed by atoms with E-state index in [0.717, 1.165) is 11.1 Å². The molecule has 0 saturated carbocycles. The zero-order valence-electron chi connectivity index (χ0n) is 20.2. The molecule has 0 atom stereocenters. The van der Waals surface area contributed by atoms with Gasteiger partial charge in [-0.1, -0.05) is 6.07 Å². The van der Waals surface area contributed by atoms with Crippen molar-refractivity contribution in [2.45, 2.75) is 27.7 Å². The van der Waals surface area contributed by atoms with Gasteiger partial charge in [-0.15, -0.1) is 0 Å². The van der Waals surface area contributed by atoms with Gasteiger partial charge in [0.15, 0.2) is 46.8 Å². The number of fused-ring (bicyclic) bond motifs is 2. The minimum atomic E-state index is -0.250. The number of likely N-dealkylation sites (N-methyl/N-ethyl adjacent to an activating group) is 1. The van der Waals surface area contributed by atoms with E-state index in [0.29, 0.717) is 46.9 Å². The van der Waals surface area contributed by atoms with Crippen LogP contribution in [-0.4, -0.2) is 48.9 Å². The average Bonchev–Trinajstić information content (AvgIpc) is 3.50. The monoisotopic (exact) mass is 477 g/mol. The largest absolute Gasteiger partial charge is 0.482 e. The van der Waals surface area contributed by atoms with Crippen LogP contribution in [0.1, 0.15) is 54.2 Å². The molecule has 0 spiro atoms. The minimum Gasteiger partial charge on any atom is -0.482 e. The Morgan fingerprint density at radius 3 is 2.46 bits per heavy atom. The third kappa shape index (κ3) is 4.91. The Morgan fingerprint density at radius 2 is 1.74 bits per heavy atom. The number of ketones is 2. The summed E-state index contributed by atoms with van der Waals surface area (Å²) in [6.07, 6.45) is 1.58. The summed E-state index contributed by atoms with van der Waals surface area (Å²) in [6, 6.07) is 10.1. The normalized spacial score (nSPS) is 12.6. The van der Waals surface area contributed by atoms with Crippen molar-refractivity contribution in [2.75, 3.05) is 26.5 Å². The molecule has 1 amide bonds. The van der Waals surface area contributed by atoms with Crippen LogP contribution in [0.3, 0.4) is 0 Å². The summed E-state index contributed by atoms with van der Waals surface area (Å²) in [6.45, 7) is 8.20. The van der Waals surface area contributed by atoms with Crippen molar-refractivity contribution in [1.29, 1.82) is 0 Å². The van der Waals surface area contributed by atoms with Crippen molar-refractivity contribution in [1.82, 2.24) is 4.90 Å². The number of Topliss-reactive ketones (excluding diaryl/α,β-unsaturated/α-hetero) is 2. The maximum atomic E-state index is 12.7. The summed E-state index contributed by atoms with van der Waals surface area (Å²) in [5.74, 6) is 1.02. The number of amides is 1. The van der Waals surface area contributed by atoms with Crippen molar-refractivity contribution in [3.8, 4) is 17.2 Å². The van der Waals surface area contributed by atoms with Crippen molar-refractivity contribution in [2.24, 2.45) is 0 Å². The van der Waals surface area contributed by atoms with E-state index in [-0.39, 0.29) is 36.6 Å². The molecular formula is C27H27NO7. The van der Waals surface area contributed by atoms with E-state index in [1.54, 1.807) is 47.4 Å². The van der Waals surface area contributed by atoms with Crippen LogP contribution < -0.4 is 14.2 Å². The Labute approximate surface area is 203 Å². The SMILES string of the molecule is CCN(CC)C(=O)C=C(C)c1ccc(OCC(=O)c2ccc3c(c2)OCO3)c2oc(C(C)=O)cc12. The van der Waals surface area contributed by atoms with Crippen LogP contribution in [-0.2, 0) is 4.79 Å². The van der Waals surface area contributed by atoms with Gasteiger partial charge in [0.25, 0.3) is 0 Å². The molecule has 0 radical (unpaired) electrons. The number of carbonyl (C=O) groups excluding carboxylic acids is 3. The molecule has 0 N–H and O–H groups in total. The number of ether oxygens (including phenoxy) is 3. The molecule has 0 aliphatic carbocycles. The third-order valence-corrected chi connectivity index (χ3v) is 5.89. The molecule has 0 bridgehead atoms.